The fourth-order valence-electron chi connectivity index (χ4n) is 2.81. The van der Waals surface area contributed by atoms with Crippen molar-refractivity contribution in [2.45, 2.75) is 11.8 Å². The van der Waals surface area contributed by atoms with E-state index in [1.807, 2.05) is 0 Å². The number of hydroxylamine groups is 1. The molecular weight excluding hydrogens is 424 g/mol. The topological polar surface area (TPSA) is 195 Å². The van der Waals surface area contributed by atoms with Gasteiger partial charge in [-0.25, -0.2) is 13.9 Å². The molecule has 3 rings (SSSR count). The number of aryl methyl sites for hydroxylation is 1. The molecule has 0 aliphatic rings. The molecule has 0 atom stereocenters. The third-order valence-electron chi connectivity index (χ3n) is 4.09. The molecule has 0 aliphatic carbocycles. The zero-order chi connectivity index (χ0) is 22.2. The molecular formula is C16H12N4O9S. The average Bonchev–Trinajstić information content (AvgIpc) is 3.01. The lowest BCUT2D eigenvalue weighted by atomic mass is 10.1. The SMILES string of the molecule is Cc1oc2ccc(NS(=O)(=O)c3cc([N+](=O)[O-])ccc3[N+](=O)[O-])cc2c1C(=O)NO. The van der Waals surface area contributed by atoms with Crippen LogP contribution in [0.5, 0.6) is 0 Å². The van der Waals surface area contributed by atoms with Gasteiger partial charge in [-0.1, -0.05) is 0 Å². The number of anilines is 1. The first-order valence-corrected chi connectivity index (χ1v) is 9.46. The molecule has 1 amide bonds. The van der Waals surface area contributed by atoms with Crippen molar-refractivity contribution in [2.24, 2.45) is 0 Å². The Morgan fingerprint density at radius 2 is 1.80 bits per heavy atom. The smallest absolute Gasteiger partial charge is 0.290 e. The van der Waals surface area contributed by atoms with Crippen LogP contribution in [-0.2, 0) is 10.0 Å². The number of amides is 1. The van der Waals surface area contributed by atoms with Crippen molar-refractivity contribution in [2.75, 3.05) is 4.72 Å². The summed E-state index contributed by atoms with van der Waals surface area (Å²) < 4.78 is 32.9. The first-order valence-electron chi connectivity index (χ1n) is 7.98. The number of furan rings is 1. The number of benzene rings is 2. The predicted octanol–water partition coefficient (Wildman–Crippen LogP) is 2.48. The lowest BCUT2D eigenvalue weighted by molar-refractivity contribution is -0.391. The molecule has 0 spiro atoms. The van der Waals surface area contributed by atoms with Gasteiger partial charge in [-0.15, -0.1) is 0 Å². The van der Waals surface area contributed by atoms with Crippen LogP contribution in [0, 0.1) is 27.2 Å². The number of nitro groups is 2. The molecule has 1 heterocycles. The Bertz CT molecular complexity index is 1310. The maximum Gasteiger partial charge on any atom is 0.290 e. The molecule has 30 heavy (non-hydrogen) atoms. The quantitative estimate of drug-likeness (QED) is 0.295. The third kappa shape index (κ3) is 3.63. The van der Waals surface area contributed by atoms with Crippen LogP contribution in [0.1, 0.15) is 16.1 Å². The van der Waals surface area contributed by atoms with Crippen molar-refractivity contribution in [3.63, 3.8) is 0 Å². The van der Waals surface area contributed by atoms with Crippen molar-refractivity contribution in [3.05, 3.63) is 68.0 Å². The number of nitrogens with one attached hydrogen (secondary N) is 2. The van der Waals surface area contributed by atoms with E-state index in [2.05, 4.69) is 4.72 Å². The van der Waals surface area contributed by atoms with Crippen LogP contribution in [0.4, 0.5) is 17.1 Å². The first-order chi connectivity index (χ1) is 14.0. The van der Waals surface area contributed by atoms with Crippen LogP contribution in [-0.4, -0.2) is 29.4 Å². The van der Waals surface area contributed by atoms with Crippen LogP contribution in [0.15, 0.2) is 45.7 Å². The number of rotatable bonds is 6. The average molecular weight is 436 g/mol. The van der Waals surface area contributed by atoms with Crippen molar-refractivity contribution < 1.29 is 32.7 Å². The van der Waals surface area contributed by atoms with Gasteiger partial charge in [0.05, 0.1) is 15.4 Å². The van der Waals surface area contributed by atoms with E-state index in [4.69, 9.17) is 9.62 Å². The van der Waals surface area contributed by atoms with Gasteiger partial charge >= 0.3 is 0 Å². The molecule has 0 bridgehead atoms. The van der Waals surface area contributed by atoms with Gasteiger partial charge in [0.25, 0.3) is 27.3 Å². The summed E-state index contributed by atoms with van der Waals surface area (Å²) in [5, 5.41) is 31.2. The van der Waals surface area contributed by atoms with E-state index in [9.17, 15) is 33.4 Å². The Kier molecular flexibility index (Phi) is 5.11. The molecule has 14 heteroatoms. The Morgan fingerprint density at radius 1 is 1.10 bits per heavy atom. The minimum absolute atomic E-state index is 0.0464. The number of hydrogen-bond acceptors (Lipinski definition) is 9. The number of hydrogen-bond donors (Lipinski definition) is 3. The van der Waals surface area contributed by atoms with E-state index in [0.29, 0.717) is 6.07 Å². The summed E-state index contributed by atoms with van der Waals surface area (Å²) in [5.74, 6) is -0.730. The fourth-order valence-corrected chi connectivity index (χ4v) is 4.06. The van der Waals surface area contributed by atoms with Crippen molar-refractivity contribution in [1.82, 2.24) is 5.48 Å². The maximum absolute atomic E-state index is 12.7. The van der Waals surface area contributed by atoms with Gasteiger partial charge in [0.15, 0.2) is 4.90 Å². The minimum atomic E-state index is -4.62. The number of nitro benzene ring substituents is 2. The molecule has 0 saturated heterocycles. The molecule has 156 valence electrons. The largest absolute Gasteiger partial charge is 0.461 e. The summed E-state index contributed by atoms with van der Waals surface area (Å²) in [4.78, 5) is 31.2. The van der Waals surface area contributed by atoms with Crippen molar-refractivity contribution in [3.8, 4) is 0 Å². The number of fused-ring (bicyclic) bond motifs is 1. The number of carbonyl (C=O) groups is 1. The van der Waals surface area contributed by atoms with Crippen LogP contribution in [0.3, 0.4) is 0 Å². The molecule has 2 aromatic carbocycles. The van der Waals surface area contributed by atoms with Crippen LogP contribution < -0.4 is 10.2 Å². The van der Waals surface area contributed by atoms with E-state index >= 15 is 0 Å². The second-order valence-electron chi connectivity index (χ2n) is 5.96. The van der Waals surface area contributed by atoms with Crippen LogP contribution in [0.25, 0.3) is 11.0 Å². The zero-order valence-electron chi connectivity index (χ0n) is 15.0. The maximum atomic E-state index is 12.7. The van der Waals surface area contributed by atoms with Gasteiger partial charge in [-0.3, -0.25) is 35.0 Å². The fraction of sp³-hybridized carbons (Fsp3) is 0.0625. The molecule has 0 saturated carbocycles. The molecule has 0 fully saturated rings. The number of nitrogens with zero attached hydrogens (tertiary/aromatic N) is 2. The van der Waals surface area contributed by atoms with Gasteiger partial charge in [-0.05, 0) is 25.1 Å². The number of non-ortho nitro benzene ring substituents is 1. The van der Waals surface area contributed by atoms with Crippen molar-refractivity contribution in [1.29, 1.82) is 0 Å². The highest BCUT2D eigenvalue weighted by Gasteiger charge is 2.29. The summed E-state index contributed by atoms with van der Waals surface area (Å²) >= 11 is 0. The number of sulfonamides is 1. The second-order valence-corrected chi connectivity index (χ2v) is 7.61. The van der Waals surface area contributed by atoms with E-state index < -0.39 is 42.0 Å². The van der Waals surface area contributed by atoms with Gasteiger partial charge < -0.3 is 4.42 Å². The monoisotopic (exact) mass is 436 g/mol. The van der Waals surface area contributed by atoms with E-state index in [-0.39, 0.29) is 28.0 Å². The summed E-state index contributed by atoms with van der Waals surface area (Å²) in [5.41, 5.74) is 0.0226. The molecule has 0 unspecified atom stereocenters. The lowest BCUT2D eigenvalue weighted by Gasteiger charge is -2.09. The first kappa shape index (κ1) is 20.7. The minimum Gasteiger partial charge on any atom is -0.461 e. The molecule has 1 aromatic heterocycles. The zero-order valence-corrected chi connectivity index (χ0v) is 15.8. The van der Waals surface area contributed by atoms with E-state index in [1.165, 1.54) is 30.6 Å². The molecule has 3 aromatic rings. The third-order valence-corrected chi connectivity index (χ3v) is 5.50. The normalized spacial score (nSPS) is 11.3. The second kappa shape index (κ2) is 7.41. The van der Waals surface area contributed by atoms with Crippen LogP contribution in [0.2, 0.25) is 0 Å². The lowest BCUT2D eigenvalue weighted by Crippen LogP contribution is -2.19. The molecule has 3 N–H and O–H groups in total. The van der Waals surface area contributed by atoms with Crippen LogP contribution >= 0.6 is 0 Å². The number of carbonyl (C=O) groups excluding carboxylic acids is 1. The van der Waals surface area contributed by atoms with E-state index in [0.717, 1.165) is 12.1 Å². The highest BCUT2D eigenvalue weighted by molar-refractivity contribution is 7.92. The Labute approximate surface area is 167 Å². The Hall–Kier alpha value is -4.04. The highest BCUT2D eigenvalue weighted by Crippen LogP contribution is 2.32. The van der Waals surface area contributed by atoms with Crippen molar-refractivity contribution >= 4 is 44.0 Å². The van der Waals surface area contributed by atoms with E-state index in [1.54, 1.807) is 0 Å². The summed E-state index contributed by atoms with van der Waals surface area (Å²) in [6.45, 7) is 1.46. The highest BCUT2D eigenvalue weighted by atomic mass is 32.2. The van der Waals surface area contributed by atoms with Gasteiger partial charge in [0, 0.05) is 29.3 Å². The summed E-state index contributed by atoms with van der Waals surface area (Å²) in [6, 6.07) is 5.95. The summed E-state index contributed by atoms with van der Waals surface area (Å²) in [6.07, 6.45) is 0. The van der Waals surface area contributed by atoms with Gasteiger partial charge in [-0.2, -0.15) is 0 Å². The molecule has 0 radical (unpaired) electrons. The van der Waals surface area contributed by atoms with Gasteiger partial charge in [0.1, 0.15) is 11.3 Å². The Morgan fingerprint density at radius 3 is 2.40 bits per heavy atom. The van der Waals surface area contributed by atoms with Gasteiger partial charge in [0.2, 0.25) is 0 Å². The Balaban J connectivity index is 2.11. The summed E-state index contributed by atoms with van der Waals surface area (Å²) in [7, 11) is -4.62. The predicted molar refractivity (Wildman–Crippen MR) is 101 cm³/mol. The standard InChI is InChI=1S/C16H12N4O9S/c1-8-15(16(21)17-22)11-6-9(2-5-13(11)29-8)18-30(27,28)14-7-10(19(23)24)3-4-12(14)20(25)26/h2-7,18,22H,1H3,(H,17,21). The molecule has 13 nitrogen and oxygen atoms in total. The molecule has 0 aliphatic heterocycles.